The third-order valence-electron chi connectivity index (χ3n) is 3.95. The number of nitrogens with zero attached hydrogens (tertiary/aromatic N) is 2. The maximum absolute atomic E-state index is 12.6. The lowest BCUT2D eigenvalue weighted by Crippen LogP contribution is -2.25. The molecule has 0 radical (unpaired) electrons. The molecule has 20 heavy (non-hydrogen) atoms. The van der Waals surface area contributed by atoms with Crippen LogP contribution in [0.4, 0.5) is 5.69 Å². The van der Waals surface area contributed by atoms with Crippen LogP contribution >= 0.6 is 0 Å². The molecule has 0 fully saturated rings. The van der Waals surface area contributed by atoms with Crippen molar-refractivity contribution >= 4 is 11.5 Å². The zero-order valence-corrected chi connectivity index (χ0v) is 11.7. The highest BCUT2D eigenvalue weighted by molar-refractivity contribution is 5.89. The van der Waals surface area contributed by atoms with Gasteiger partial charge < -0.3 is 9.88 Å². The highest BCUT2D eigenvalue weighted by atomic mass is 16.1. The number of para-hydroxylation sites is 1. The third-order valence-corrected chi connectivity index (χ3v) is 3.95. The van der Waals surface area contributed by atoms with Crippen LogP contribution in [0, 0.1) is 0 Å². The van der Waals surface area contributed by atoms with E-state index in [1.165, 1.54) is 0 Å². The fourth-order valence-corrected chi connectivity index (χ4v) is 2.88. The molecule has 1 unspecified atom stereocenters. The maximum Gasteiger partial charge on any atom is 0.147 e. The lowest BCUT2D eigenvalue weighted by atomic mass is 9.86. The van der Waals surface area contributed by atoms with Crippen molar-refractivity contribution in [3.8, 4) is 0 Å². The Kier molecular flexibility index (Phi) is 3.54. The number of carbonyl (C=O) groups excluding carboxylic acids is 1. The van der Waals surface area contributed by atoms with Gasteiger partial charge in [0.25, 0.3) is 0 Å². The van der Waals surface area contributed by atoms with Crippen LogP contribution in [0.15, 0.2) is 36.7 Å². The van der Waals surface area contributed by atoms with Crippen LogP contribution in [0.5, 0.6) is 0 Å². The second-order valence-electron chi connectivity index (χ2n) is 5.13. The van der Waals surface area contributed by atoms with E-state index in [4.69, 9.17) is 0 Å². The smallest absolute Gasteiger partial charge is 0.147 e. The molecule has 1 aromatic carbocycles. The van der Waals surface area contributed by atoms with Crippen LogP contribution < -0.4 is 5.32 Å². The van der Waals surface area contributed by atoms with Gasteiger partial charge in [0.1, 0.15) is 11.6 Å². The minimum atomic E-state index is -0.00513. The van der Waals surface area contributed by atoms with Crippen LogP contribution in [0.3, 0.4) is 0 Å². The van der Waals surface area contributed by atoms with E-state index in [1.54, 1.807) is 6.20 Å². The molecule has 1 aromatic heterocycles. The fourth-order valence-electron chi connectivity index (χ4n) is 2.88. The second-order valence-corrected chi connectivity index (χ2v) is 5.13. The van der Waals surface area contributed by atoms with Crippen LogP contribution in [0.25, 0.3) is 0 Å². The number of aromatic nitrogens is 2. The van der Waals surface area contributed by atoms with E-state index in [0.29, 0.717) is 6.42 Å². The average Bonchev–Trinajstić information content (AvgIpc) is 2.93. The molecule has 2 heterocycles. The van der Waals surface area contributed by atoms with Gasteiger partial charge in [-0.1, -0.05) is 18.2 Å². The first kappa shape index (κ1) is 12.9. The Balaban J connectivity index is 1.82. The van der Waals surface area contributed by atoms with Crippen molar-refractivity contribution < 1.29 is 4.79 Å². The number of nitrogens with one attached hydrogen (secondary N) is 1. The number of ketones is 1. The van der Waals surface area contributed by atoms with Gasteiger partial charge in [-0.2, -0.15) is 0 Å². The van der Waals surface area contributed by atoms with Gasteiger partial charge in [0.2, 0.25) is 0 Å². The number of rotatable bonds is 4. The van der Waals surface area contributed by atoms with Crippen molar-refractivity contribution in [1.82, 2.24) is 9.55 Å². The normalized spacial score (nSPS) is 17.4. The largest absolute Gasteiger partial charge is 0.385 e. The molecule has 0 bridgehead atoms. The molecule has 4 nitrogen and oxygen atoms in total. The lowest BCUT2D eigenvalue weighted by molar-refractivity contribution is -0.120. The first-order valence-corrected chi connectivity index (χ1v) is 7.15. The number of anilines is 1. The molecule has 1 aliphatic heterocycles. The number of Topliss-reactive ketones (excluding diaryl/α,β-unsaturated/α-hetero) is 1. The van der Waals surface area contributed by atoms with Crippen molar-refractivity contribution in [3.63, 3.8) is 0 Å². The molecule has 104 valence electrons. The molecule has 4 heteroatoms. The molecule has 3 rings (SSSR count). The number of imidazole rings is 1. The van der Waals surface area contributed by atoms with Gasteiger partial charge in [-0.15, -0.1) is 0 Å². The molecule has 1 atom stereocenters. The van der Waals surface area contributed by atoms with E-state index in [1.807, 2.05) is 29.0 Å². The number of hydrogen-bond acceptors (Lipinski definition) is 3. The van der Waals surface area contributed by atoms with Gasteiger partial charge in [-0.25, -0.2) is 4.98 Å². The summed E-state index contributed by atoms with van der Waals surface area (Å²) < 4.78 is 2.03. The zero-order chi connectivity index (χ0) is 13.9. The van der Waals surface area contributed by atoms with Crippen molar-refractivity contribution in [2.75, 3.05) is 11.9 Å². The van der Waals surface area contributed by atoms with Crippen LogP contribution in [-0.4, -0.2) is 21.9 Å². The summed E-state index contributed by atoms with van der Waals surface area (Å²) in [6, 6.07) is 8.10. The van der Waals surface area contributed by atoms with Crippen LogP contribution in [0.2, 0.25) is 0 Å². The Morgan fingerprint density at radius 3 is 3.15 bits per heavy atom. The molecule has 2 aromatic rings. The van der Waals surface area contributed by atoms with E-state index >= 15 is 0 Å². The minimum Gasteiger partial charge on any atom is -0.385 e. The van der Waals surface area contributed by atoms with Gasteiger partial charge in [0, 0.05) is 37.1 Å². The average molecular weight is 269 g/mol. The SMILES string of the molecule is CCn1ccnc1CC(=O)C1CCNc2ccccc21. The summed E-state index contributed by atoms with van der Waals surface area (Å²) in [7, 11) is 0. The highest BCUT2D eigenvalue weighted by Crippen LogP contribution is 2.32. The van der Waals surface area contributed by atoms with E-state index < -0.39 is 0 Å². The number of aryl methyl sites for hydroxylation is 1. The first-order chi connectivity index (χ1) is 9.79. The minimum absolute atomic E-state index is 0.00513. The van der Waals surface area contributed by atoms with Crippen molar-refractivity contribution in [2.45, 2.75) is 32.2 Å². The molecule has 1 aliphatic rings. The summed E-state index contributed by atoms with van der Waals surface area (Å²) in [4.78, 5) is 16.9. The van der Waals surface area contributed by atoms with Crippen molar-refractivity contribution in [2.24, 2.45) is 0 Å². The number of benzene rings is 1. The molecule has 0 saturated heterocycles. The summed E-state index contributed by atoms with van der Waals surface area (Å²) in [5, 5.41) is 3.36. The Bertz CT molecular complexity index is 618. The summed E-state index contributed by atoms with van der Waals surface area (Å²) in [6.07, 6.45) is 4.98. The Morgan fingerprint density at radius 1 is 1.45 bits per heavy atom. The molecular weight excluding hydrogens is 250 g/mol. The molecule has 0 amide bonds. The molecule has 1 N–H and O–H groups in total. The number of carbonyl (C=O) groups is 1. The van der Waals surface area contributed by atoms with Gasteiger partial charge in [0.15, 0.2) is 0 Å². The lowest BCUT2D eigenvalue weighted by Gasteiger charge is -2.25. The van der Waals surface area contributed by atoms with Gasteiger partial charge >= 0.3 is 0 Å². The van der Waals surface area contributed by atoms with Crippen LogP contribution in [-0.2, 0) is 17.8 Å². The number of fused-ring (bicyclic) bond motifs is 1. The predicted molar refractivity (Wildman–Crippen MR) is 78.9 cm³/mol. The Labute approximate surface area is 118 Å². The maximum atomic E-state index is 12.6. The summed E-state index contributed by atoms with van der Waals surface area (Å²) in [5.74, 6) is 1.13. The molecule has 0 aliphatic carbocycles. The number of hydrogen-bond donors (Lipinski definition) is 1. The topological polar surface area (TPSA) is 46.9 Å². The Hall–Kier alpha value is -2.10. The third kappa shape index (κ3) is 2.33. The predicted octanol–water partition coefficient (Wildman–Crippen LogP) is 2.61. The monoisotopic (exact) mass is 269 g/mol. The van der Waals surface area contributed by atoms with E-state index in [9.17, 15) is 4.79 Å². The zero-order valence-electron chi connectivity index (χ0n) is 11.7. The quantitative estimate of drug-likeness (QED) is 0.928. The van der Waals surface area contributed by atoms with Gasteiger partial charge in [-0.05, 0) is 25.0 Å². The second kappa shape index (κ2) is 5.49. The van der Waals surface area contributed by atoms with E-state index in [0.717, 1.165) is 36.6 Å². The molecular formula is C16H19N3O. The fraction of sp³-hybridized carbons (Fsp3) is 0.375. The molecule has 0 spiro atoms. The summed E-state index contributed by atoms with van der Waals surface area (Å²) >= 11 is 0. The summed E-state index contributed by atoms with van der Waals surface area (Å²) in [5.41, 5.74) is 2.22. The van der Waals surface area contributed by atoms with E-state index in [-0.39, 0.29) is 11.7 Å². The van der Waals surface area contributed by atoms with Crippen molar-refractivity contribution in [3.05, 3.63) is 48.0 Å². The van der Waals surface area contributed by atoms with Gasteiger partial charge in [-0.3, -0.25) is 4.79 Å². The Morgan fingerprint density at radius 2 is 2.30 bits per heavy atom. The first-order valence-electron chi connectivity index (χ1n) is 7.15. The van der Waals surface area contributed by atoms with Gasteiger partial charge in [0.05, 0.1) is 6.42 Å². The summed E-state index contributed by atoms with van der Waals surface area (Å²) in [6.45, 7) is 3.77. The van der Waals surface area contributed by atoms with E-state index in [2.05, 4.69) is 23.3 Å². The standard InChI is InChI=1S/C16H19N3O/c1-2-19-10-9-18-16(19)11-15(20)13-7-8-17-14-6-4-3-5-12(13)14/h3-6,9-10,13,17H,2,7-8,11H2,1H3. The highest BCUT2D eigenvalue weighted by Gasteiger charge is 2.26. The van der Waals surface area contributed by atoms with Crippen molar-refractivity contribution in [1.29, 1.82) is 0 Å². The van der Waals surface area contributed by atoms with Crippen LogP contribution in [0.1, 0.15) is 30.7 Å². The molecule has 0 saturated carbocycles.